The van der Waals surface area contributed by atoms with Crippen molar-refractivity contribution >= 4 is 44.8 Å². The molecule has 0 radical (unpaired) electrons. The number of amides is 1. The zero-order valence-corrected chi connectivity index (χ0v) is 20.0. The molecule has 0 aliphatic carbocycles. The SMILES string of the molecule is COc1ccc(N(C)S(=O)(=O)c2ccc(Cl)c(C(=O)NC(C)c3cccc(Cl)c3)c2)cc1. The summed E-state index contributed by atoms with van der Waals surface area (Å²) in [7, 11) is -0.966. The highest BCUT2D eigenvalue weighted by Crippen LogP contribution is 2.27. The van der Waals surface area contributed by atoms with Crippen LogP contribution in [0.4, 0.5) is 5.69 Å². The number of nitrogens with zero attached hydrogens (tertiary/aromatic N) is 1. The first-order chi connectivity index (χ1) is 15.1. The van der Waals surface area contributed by atoms with Crippen LogP contribution >= 0.6 is 23.2 Å². The van der Waals surface area contributed by atoms with Gasteiger partial charge in [0.25, 0.3) is 15.9 Å². The first-order valence-corrected chi connectivity index (χ1v) is 11.8. The molecule has 0 fully saturated rings. The van der Waals surface area contributed by atoms with Crippen LogP contribution in [0.1, 0.15) is 28.9 Å². The van der Waals surface area contributed by atoms with Crippen LogP contribution < -0.4 is 14.4 Å². The highest BCUT2D eigenvalue weighted by atomic mass is 35.5. The quantitative estimate of drug-likeness (QED) is 0.484. The molecule has 0 aliphatic rings. The summed E-state index contributed by atoms with van der Waals surface area (Å²) < 4.78 is 32.6. The van der Waals surface area contributed by atoms with Gasteiger partial charge in [-0.3, -0.25) is 9.10 Å². The van der Waals surface area contributed by atoms with Gasteiger partial charge in [-0.2, -0.15) is 0 Å². The summed E-state index contributed by atoms with van der Waals surface area (Å²) >= 11 is 12.2. The second-order valence-corrected chi connectivity index (χ2v) is 9.88. The zero-order chi connectivity index (χ0) is 23.5. The van der Waals surface area contributed by atoms with Gasteiger partial charge in [0.2, 0.25) is 0 Å². The number of hydrogen-bond acceptors (Lipinski definition) is 4. The molecule has 0 aromatic heterocycles. The molecule has 3 aromatic rings. The van der Waals surface area contributed by atoms with E-state index in [9.17, 15) is 13.2 Å². The summed E-state index contributed by atoms with van der Waals surface area (Å²) in [5, 5.41) is 3.53. The molecule has 168 valence electrons. The fourth-order valence-electron chi connectivity index (χ4n) is 3.06. The van der Waals surface area contributed by atoms with E-state index in [1.54, 1.807) is 49.4 Å². The molecule has 1 unspecified atom stereocenters. The van der Waals surface area contributed by atoms with Crippen molar-refractivity contribution in [3.05, 3.63) is 87.9 Å². The lowest BCUT2D eigenvalue weighted by Crippen LogP contribution is -2.29. The third-order valence-corrected chi connectivity index (χ3v) is 7.32. The molecular weight excluding hydrogens is 471 g/mol. The van der Waals surface area contributed by atoms with Crippen LogP contribution in [0, 0.1) is 0 Å². The third kappa shape index (κ3) is 5.18. The number of benzene rings is 3. The van der Waals surface area contributed by atoms with E-state index in [4.69, 9.17) is 27.9 Å². The van der Waals surface area contributed by atoms with Gasteiger partial charge >= 0.3 is 0 Å². The molecule has 0 bridgehead atoms. The average molecular weight is 493 g/mol. The lowest BCUT2D eigenvalue weighted by Gasteiger charge is -2.21. The van der Waals surface area contributed by atoms with Gasteiger partial charge in [0.15, 0.2) is 0 Å². The van der Waals surface area contributed by atoms with Crippen LogP contribution in [0.15, 0.2) is 71.6 Å². The van der Waals surface area contributed by atoms with Crippen molar-refractivity contribution < 1.29 is 17.9 Å². The minimum atomic E-state index is -3.93. The maximum atomic E-state index is 13.2. The first-order valence-electron chi connectivity index (χ1n) is 9.62. The number of halogens is 2. The lowest BCUT2D eigenvalue weighted by atomic mass is 10.1. The highest BCUT2D eigenvalue weighted by Gasteiger charge is 2.24. The number of anilines is 1. The predicted octanol–water partition coefficient (Wildman–Crippen LogP) is 5.32. The smallest absolute Gasteiger partial charge is 0.264 e. The topological polar surface area (TPSA) is 75.7 Å². The lowest BCUT2D eigenvalue weighted by molar-refractivity contribution is 0.0940. The Bertz CT molecular complexity index is 1230. The highest BCUT2D eigenvalue weighted by molar-refractivity contribution is 7.92. The Labute approximate surface area is 197 Å². The number of methoxy groups -OCH3 is 1. The monoisotopic (exact) mass is 492 g/mol. The van der Waals surface area contributed by atoms with Gasteiger partial charge in [-0.25, -0.2) is 8.42 Å². The normalized spacial score (nSPS) is 12.2. The van der Waals surface area contributed by atoms with Crippen LogP contribution in [0.3, 0.4) is 0 Å². The summed E-state index contributed by atoms with van der Waals surface area (Å²) in [5.41, 5.74) is 1.32. The van der Waals surface area contributed by atoms with E-state index in [-0.39, 0.29) is 21.5 Å². The van der Waals surface area contributed by atoms with Gasteiger partial charge in [0, 0.05) is 12.1 Å². The van der Waals surface area contributed by atoms with E-state index in [1.165, 1.54) is 32.4 Å². The standard InChI is InChI=1S/C23H22Cl2N2O4S/c1-15(16-5-4-6-17(24)13-16)26-23(28)21-14-20(11-12-22(21)25)32(29,30)27(2)18-7-9-19(31-3)10-8-18/h4-15H,1-3H3,(H,26,28). The second kappa shape index (κ2) is 9.81. The largest absolute Gasteiger partial charge is 0.497 e. The molecule has 3 rings (SSSR count). The van der Waals surface area contributed by atoms with Gasteiger partial charge in [-0.15, -0.1) is 0 Å². The van der Waals surface area contributed by atoms with Crippen LogP contribution in [0.5, 0.6) is 5.75 Å². The Morgan fingerprint density at radius 2 is 1.72 bits per heavy atom. The van der Waals surface area contributed by atoms with Crippen molar-refractivity contribution in [2.45, 2.75) is 17.9 Å². The fourth-order valence-corrected chi connectivity index (χ4v) is 4.69. The van der Waals surface area contributed by atoms with E-state index in [2.05, 4.69) is 5.32 Å². The molecule has 0 heterocycles. The molecule has 0 saturated carbocycles. The average Bonchev–Trinajstić information content (AvgIpc) is 2.78. The Morgan fingerprint density at radius 1 is 1.03 bits per heavy atom. The van der Waals surface area contributed by atoms with Crippen molar-refractivity contribution in [2.75, 3.05) is 18.5 Å². The molecule has 1 atom stereocenters. The Kier molecular flexibility index (Phi) is 7.33. The van der Waals surface area contributed by atoms with Crippen molar-refractivity contribution in [2.24, 2.45) is 0 Å². The number of carbonyl (C=O) groups excluding carboxylic acids is 1. The minimum absolute atomic E-state index is 0.0548. The number of ether oxygens (including phenoxy) is 1. The van der Waals surface area contributed by atoms with Gasteiger partial charge < -0.3 is 10.1 Å². The third-order valence-electron chi connectivity index (χ3n) is 4.97. The molecular formula is C23H22Cl2N2O4S. The van der Waals surface area contributed by atoms with E-state index < -0.39 is 15.9 Å². The van der Waals surface area contributed by atoms with Crippen LogP contribution in [0.2, 0.25) is 10.0 Å². The molecule has 0 saturated heterocycles. The molecule has 6 nitrogen and oxygen atoms in total. The second-order valence-electron chi connectivity index (χ2n) is 7.06. The minimum Gasteiger partial charge on any atom is -0.497 e. The number of carbonyl (C=O) groups is 1. The summed E-state index contributed by atoms with van der Waals surface area (Å²) in [6.45, 7) is 1.80. The van der Waals surface area contributed by atoms with Gasteiger partial charge in [-0.1, -0.05) is 35.3 Å². The maximum absolute atomic E-state index is 13.2. The zero-order valence-electron chi connectivity index (χ0n) is 17.7. The van der Waals surface area contributed by atoms with Crippen LogP contribution in [-0.2, 0) is 10.0 Å². The Hall–Kier alpha value is -2.74. The fraction of sp³-hybridized carbons (Fsp3) is 0.174. The first kappa shape index (κ1) is 23.9. The number of rotatable bonds is 7. The molecule has 9 heteroatoms. The maximum Gasteiger partial charge on any atom is 0.264 e. The Balaban J connectivity index is 1.87. The molecule has 3 aromatic carbocycles. The van der Waals surface area contributed by atoms with Gasteiger partial charge in [0.1, 0.15) is 5.75 Å². The number of sulfonamides is 1. The molecule has 0 spiro atoms. The van der Waals surface area contributed by atoms with E-state index in [0.717, 1.165) is 9.87 Å². The number of nitrogens with one attached hydrogen (secondary N) is 1. The number of hydrogen-bond donors (Lipinski definition) is 1. The van der Waals surface area contributed by atoms with Crippen molar-refractivity contribution in [3.8, 4) is 5.75 Å². The van der Waals surface area contributed by atoms with Gasteiger partial charge in [-0.05, 0) is 67.1 Å². The molecule has 1 amide bonds. The summed E-state index contributed by atoms with van der Waals surface area (Å²) in [6, 6.07) is 17.4. The Morgan fingerprint density at radius 3 is 2.34 bits per heavy atom. The molecule has 0 aliphatic heterocycles. The van der Waals surface area contributed by atoms with E-state index in [1.807, 2.05) is 6.07 Å². The van der Waals surface area contributed by atoms with Crippen LogP contribution in [-0.4, -0.2) is 28.5 Å². The summed E-state index contributed by atoms with van der Waals surface area (Å²) in [5.74, 6) is 0.116. The predicted molar refractivity (Wildman–Crippen MR) is 127 cm³/mol. The van der Waals surface area contributed by atoms with Gasteiger partial charge in [0.05, 0.1) is 34.3 Å². The molecule has 32 heavy (non-hydrogen) atoms. The van der Waals surface area contributed by atoms with Crippen LogP contribution in [0.25, 0.3) is 0 Å². The summed E-state index contributed by atoms with van der Waals surface area (Å²) in [6.07, 6.45) is 0. The van der Waals surface area contributed by atoms with Crippen molar-refractivity contribution in [1.29, 1.82) is 0 Å². The summed E-state index contributed by atoms with van der Waals surface area (Å²) in [4.78, 5) is 12.8. The molecule has 1 N–H and O–H groups in total. The van der Waals surface area contributed by atoms with Crippen molar-refractivity contribution in [1.82, 2.24) is 5.32 Å². The van der Waals surface area contributed by atoms with Crippen molar-refractivity contribution in [3.63, 3.8) is 0 Å². The van der Waals surface area contributed by atoms with E-state index in [0.29, 0.717) is 16.5 Å². The van der Waals surface area contributed by atoms with E-state index >= 15 is 0 Å².